The molecular weight excluding hydrogens is 268 g/mol. The van der Waals surface area contributed by atoms with Gasteiger partial charge in [-0.25, -0.2) is 0 Å². The second-order valence-corrected chi connectivity index (χ2v) is 6.61. The zero-order valence-corrected chi connectivity index (χ0v) is 12.6. The molecule has 116 valence electrons. The summed E-state index contributed by atoms with van der Waals surface area (Å²) in [6.45, 7) is 4.53. The van der Waals surface area contributed by atoms with E-state index in [0.717, 1.165) is 37.8 Å². The number of likely N-dealkylation sites (tertiary alicyclic amines) is 1. The van der Waals surface area contributed by atoms with E-state index in [9.17, 15) is 4.79 Å². The summed E-state index contributed by atoms with van der Waals surface area (Å²) in [5.74, 6) is 1.52. The molecule has 1 aliphatic carbocycles. The molecule has 0 aromatic carbocycles. The van der Waals surface area contributed by atoms with Crippen molar-refractivity contribution in [3.8, 4) is 0 Å². The molecule has 2 N–H and O–H groups in total. The summed E-state index contributed by atoms with van der Waals surface area (Å²) in [4.78, 5) is 17.7. The van der Waals surface area contributed by atoms with Crippen LogP contribution in [-0.4, -0.2) is 34.0 Å². The molecule has 2 aliphatic rings. The van der Waals surface area contributed by atoms with E-state index < -0.39 is 5.91 Å². The molecule has 2 fully saturated rings. The summed E-state index contributed by atoms with van der Waals surface area (Å²) < 4.78 is 5.25. The van der Waals surface area contributed by atoms with Gasteiger partial charge in [0.2, 0.25) is 5.89 Å². The minimum atomic E-state index is -0.629. The van der Waals surface area contributed by atoms with Gasteiger partial charge in [0, 0.05) is 6.54 Å². The van der Waals surface area contributed by atoms with Crippen LogP contribution in [0.5, 0.6) is 0 Å². The average Bonchev–Trinajstić information content (AvgIpc) is 3.06. The summed E-state index contributed by atoms with van der Waals surface area (Å²) in [6.07, 6.45) is 7.51. The van der Waals surface area contributed by atoms with Gasteiger partial charge in [0.25, 0.3) is 11.7 Å². The van der Waals surface area contributed by atoms with Crippen molar-refractivity contribution in [2.45, 2.75) is 51.5 Å². The molecule has 1 amide bonds. The number of carbonyl (C=O) groups excluding carboxylic acids is 1. The normalized spacial score (nSPS) is 30.6. The zero-order chi connectivity index (χ0) is 14.8. The van der Waals surface area contributed by atoms with Crippen LogP contribution in [0.25, 0.3) is 0 Å². The van der Waals surface area contributed by atoms with E-state index in [1.54, 1.807) is 0 Å². The number of amides is 1. The number of rotatable bonds is 4. The van der Waals surface area contributed by atoms with Crippen LogP contribution < -0.4 is 5.73 Å². The second kappa shape index (κ2) is 6.13. The largest absolute Gasteiger partial charge is 0.363 e. The van der Waals surface area contributed by atoms with Gasteiger partial charge in [-0.1, -0.05) is 24.9 Å². The Morgan fingerprint density at radius 1 is 1.38 bits per heavy atom. The Hall–Kier alpha value is -1.43. The quantitative estimate of drug-likeness (QED) is 0.918. The third-order valence-corrected chi connectivity index (χ3v) is 4.85. The molecule has 1 aromatic rings. The monoisotopic (exact) mass is 292 g/mol. The molecule has 2 heterocycles. The van der Waals surface area contributed by atoms with Crippen molar-refractivity contribution < 1.29 is 9.32 Å². The van der Waals surface area contributed by atoms with Crippen molar-refractivity contribution in [2.24, 2.45) is 17.6 Å². The summed E-state index contributed by atoms with van der Waals surface area (Å²) in [7, 11) is 0. The van der Waals surface area contributed by atoms with E-state index in [4.69, 9.17) is 10.3 Å². The first-order valence-electron chi connectivity index (χ1n) is 8.01. The number of aromatic nitrogens is 2. The second-order valence-electron chi connectivity index (χ2n) is 6.61. The topological polar surface area (TPSA) is 85.3 Å². The Balaban J connectivity index is 1.65. The SMILES string of the molecule is CC1CCCC(CN2CCCC2c2nc(C(N)=O)no2)C1. The fraction of sp³-hybridized carbons (Fsp3) is 0.800. The Morgan fingerprint density at radius 3 is 2.95 bits per heavy atom. The molecule has 3 atom stereocenters. The molecule has 1 saturated carbocycles. The first-order valence-corrected chi connectivity index (χ1v) is 8.01. The van der Waals surface area contributed by atoms with Crippen LogP contribution in [0.15, 0.2) is 4.52 Å². The van der Waals surface area contributed by atoms with E-state index in [1.807, 2.05) is 0 Å². The first-order chi connectivity index (χ1) is 10.1. The van der Waals surface area contributed by atoms with Gasteiger partial charge >= 0.3 is 0 Å². The smallest absolute Gasteiger partial charge is 0.290 e. The molecule has 3 unspecified atom stereocenters. The van der Waals surface area contributed by atoms with Gasteiger partial charge in [0.15, 0.2) is 0 Å². The lowest BCUT2D eigenvalue weighted by Gasteiger charge is -2.32. The standard InChI is InChI=1S/C15H24N4O2/c1-10-4-2-5-11(8-10)9-19-7-3-6-12(19)15-17-14(13(16)20)18-21-15/h10-12H,2-9H2,1H3,(H2,16,20). The molecule has 21 heavy (non-hydrogen) atoms. The van der Waals surface area contributed by atoms with Gasteiger partial charge in [-0.3, -0.25) is 9.69 Å². The minimum absolute atomic E-state index is 0.0110. The average molecular weight is 292 g/mol. The van der Waals surface area contributed by atoms with Crippen molar-refractivity contribution in [1.29, 1.82) is 0 Å². The van der Waals surface area contributed by atoms with Crippen molar-refractivity contribution >= 4 is 5.91 Å². The fourth-order valence-corrected chi connectivity index (χ4v) is 3.85. The minimum Gasteiger partial charge on any atom is -0.363 e. The van der Waals surface area contributed by atoms with E-state index in [0.29, 0.717) is 5.89 Å². The number of nitrogens with two attached hydrogens (primary N) is 1. The molecule has 0 spiro atoms. The predicted octanol–water partition coefficient (Wildman–Crippen LogP) is 2.13. The van der Waals surface area contributed by atoms with Crippen LogP contribution in [0.3, 0.4) is 0 Å². The maximum absolute atomic E-state index is 11.1. The number of carbonyl (C=O) groups is 1. The summed E-state index contributed by atoms with van der Waals surface area (Å²) in [5.41, 5.74) is 5.19. The Labute approximate surface area is 125 Å². The van der Waals surface area contributed by atoms with Crippen LogP contribution in [0.1, 0.15) is 68.0 Å². The van der Waals surface area contributed by atoms with E-state index in [1.165, 1.54) is 25.7 Å². The number of primary amides is 1. The first kappa shape index (κ1) is 14.5. The van der Waals surface area contributed by atoms with Gasteiger partial charge in [0.05, 0.1) is 6.04 Å². The van der Waals surface area contributed by atoms with Gasteiger partial charge in [0.1, 0.15) is 0 Å². The van der Waals surface area contributed by atoms with Crippen molar-refractivity contribution in [3.05, 3.63) is 11.7 Å². The Morgan fingerprint density at radius 2 is 2.24 bits per heavy atom. The maximum Gasteiger partial charge on any atom is 0.290 e. The van der Waals surface area contributed by atoms with Gasteiger partial charge in [-0.15, -0.1) is 0 Å². The Bertz CT molecular complexity index is 502. The summed E-state index contributed by atoms with van der Waals surface area (Å²) in [5, 5.41) is 3.67. The zero-order valence-electron chi connectivity index (χ0n) is 12.6. The summed E-state index contributed by atoms with van der Waals surface area (Å²) >= 11 is 0. The maximum atomic E-state index is 11.1. The van der Waals surface area contributed by atoms with Crippen molar-refractivity contribution in [1.82, 2.24) is 15.0 Å². The van der Waals surface area contributed by atoms with Gasteiger partial charge in [-0.2, -0.15) is 4.98 Å². The molecule has 1 aromatic heterocycles. The lowest BCUT2D eigenvalue weighted by Crippen LogP contribution is -2.31. The van der Waals surface area contributed by atoms with Gasteiger partial charge in [-0.05, 0) is 44.1 Å². The van der Waals surface area contributed by atoms with Crippen molar-refractivity contribution in [2.75, 3.05) is 13.1 Å². The van der Waals surface area contributed by atoms with E-state index in [2.05, 4.69) is 22.0 Å². The highest BCUT2D eigenvalue weighted by Crippen LogP contribution is 2.35. The molecule has 1 aliphatic heterocycles. The molecule has 6 nitrogen and oxygen atoms in total. The summed E-state index contributed by atoms with van der Waals surface area (Å²) in [6, 6.07) is 0.155. The molecule has 1 saturated heterocycles. The highest BCUT2D eigenvalue weighted by molar-refractivity contribution is 5.88. The lowest BCUT2D eigenvalue weighted by molar-refractivity contribution is 0.0987. The predicted molar refractivity (Wildman–Crippen MR) is 77.5 cm³/mol. The Kier molecular flexibility index (Phi) is 4.24. The molecule has 0 bridgehead atoms. The van der Waals surface area contributed by atoms with Crippen LogP contribution in [0.4, 0.5) is 0 Å². The van der Waals surface area contributed by atoms with E-state index >= 15 is 0 Å². The third kappa shape index (κ3) is 3.26. The number of hydrogen-bond donors (Lipinski definition) is 1. The van der Waals surface area contributed by atoms with Crippen LogP contribution in [0, 0.1) is 11.8 Å². The number of hydrogen-bond acceptors (Lipinski definition) is 5. The van der Waals surface area contributed by atoms with Crippen LogP contribution in [-0.2, 0) is 0 Å². The lowest BCUT2D eigenvalue weighted by atomic mass is 9.82. The van der Waals surface area contributed by atoms with Gasteiger partial charge < -0.3 is 10.3 Å². The van der Waals surface area contributed by atoms with Crippen LogP contribution in [0.2, 0.25) is 0 Å². The highest BCUT2D eigenvalue weighted by atomic mass is 16.5. The van der Waals surface area contributed by atoms with E-state index in [-0.39, 0.29) is 11.9 Å². The number of nitrogens with zero attached hydrogens (tertiary/aromatic N) is 3. The molecule has 0 radical (unpaired) electrons. The third-order valence-electron chi connectivity index (χ3n) is 4.85. The van der Waals surface area contributed by atoms with Crippen LogP contribution >= 0.6 is 0 Å². The fourth-order valence-electron chi connectivity index (χ4n) is 3.85. The molecule has 6 heteroatoms. The highest BCUT2D eigenvalue weighted by Gasteiger charge is 2.33. The molecule has 3 rings (SSSR count). The van der Waals surface area contributed by atoms with Crippen molar-refractivity contribution in [3.63, 3.8) is 0 Å². The molecular formula is C15H24N4O2.